The van der Waals surface area contributed by atoms with E-state index in [4.69, 9.17) is 19.4 Å². The number of furan rings is 1. The zero-order chi connectivity index (χ0) is 32.3. The molecular formula is C44H28N4O. The van der Waals surface area contributed by atoms with Gasteiger partial charge in [-0.25, -0.2) is 15.0 Å². The lowest BCUT2D eigenvalue weighted by atomic mass is 9.96. The van der Waals surface area contributed by atoms with E-state index in [2.05, 4.69) is 121 Å². The molecule has 0 amide bonds. The van der Waals surface area contributed by atoms with Crippen molar-refractivity contribution in [2.45, 2.75) is 0 Å². The summed E-state index contributed by atoms with van der Waals surface area (Å²) in [7, 11) is 0. The Morgan fingerprint density at radius 2 is 1.16 bits per heavy atom. The van der Waals surface area contributed by atoms with Crippen molar-refractivity contribution in [3.8, 4) is 45.3 Å². The van der Waals surface area contributed by atoms with Crippen LogP contribution in [0.15, 0.2) is 150 Å². The molecule has 0 saturated carbocycles. The fraction of sp³-hybridized carbons (Fsp3) is 0.0227. The Labute approximate surface area is 282 Å². The quantitative estimate of drug-likeness (QED) is 0.197. The third-order valence-electron chi connectivity index (χ3n) is 9.50. The summed E-state index contributed by atoms with van der Waals surface area (Å²) in [5, 5.41) is 10.1. The molecule has 0 saturated heterocycles. The maximum Gasteiger partial charge on any atom is 0.164 e. The molecular weight excluding hydrogens is 601 g/mol. The van der Waals surface area contributed by atoms with Crippen LogP contribution in [0.5, 0.6) is 0 Å². The Morgan fingerprint density at radius 3 is 1.98 bits per heavy atom. The van der Waals surface area contributed by atoms with Crippen molar-refractivity contribution >= 4 is 55.2 Å². The summed E-state index contributed by atoms with van der Waals surface area (Å²) in [6.07, 6.45) is 4.31. The second kappa shape index (κ2) is 11.0. The van der Waals surface area contributed by atoms with E-state index in [1.165, 1.54) is 10.8 Å². The third-order valence-corrected chi connectivity index (χ3v) is 9.50. The molecule has 0 bridgehead atoms. The largest absolute Gasteiger partial charge is 0.455 e. The Balaban J connectivity index is 1.30. The van der Waals surface area contributed by atoms with Gasteiger partial charge in [-0.15, -0.1) is 0 Å². The minimum atomic E-state index is 0.597. The third kappa shape index (κ3) is 4.51. The number of hydrogen-bond acceptors (Lipinski definition) is 5. The van der Waals surface area contributed by atoms with Crippen LogP contribution in [0.3, 0.4) is 0 Å². The van der Waals surface area contributed by atoms with E-state index in [-0.39, 0.29) is 0 Å². The number of nitrogens with one attached hydrogen (secondary N) is 1. The summed E-state index contributed by atoms with van der Waals surface area (Å²) in [4.78, 5) is 15.6. The van der Waals surface area contributed by atoms with Gasteiger partial charge in [-0.05, 0) is 56.9 Å². The summed E-state index contributed by atoms with van der Waals surface area (Å²) in [6.45, 7) is 0.790. The number of nitrogens with zero attached hydrogens (tertiary/aromatic N) is 3. The number of aromatic nitrogens is 3. The normalized spacial score (nSPS) is 12.5. The second-order valence-corrected chi connectivity index (χ2v) is 12.4. The highest BCUT2D eigenvalue weighted by atomic mass is 16.3. The van der Waals surface area contributed by atoms with Gasteiger partial charge in [0.1, 0.15) is 11.2 Å². The molecule has 0 fully saturated rings. The van der Waals surface area contributed by atoms with Gasteiger partial charge in [0.2, 0.25) is 0 Å². The van der Waals surface area contributed by atoms with Crippen molar-refractivity contribution in [2.24, 2.45) is 0 Å². The number of fused-ring (bicyclic) bond motifs is 7. The topological polar surface area (TPSA) is 63.8 Å². The smallest absolute Gasteiger partial charge is 0.164 e. The highest BCUT2D eigenvalue weighted by molar-refractivity contribution is 6.17. The lowest BCUT2D eigenvalue weighted by Gasteiger charge is -2.14. The van der Waals surface area contributed by atoms with Crippen LogP contribution in [0.2, 0.25) is 0 Å². The van der Waals surface area contributed by atoms with Crippen LogP contribution in [-0.4, -0.2) is 21.5 Å². The monoisotopic (exact) mass is 628 g/mol. The molecule has 9 aromatic rings. The minimum Gasteiger partial charge on any atom is -0.455 e. The van der Waals surface area contributed by atoms with Gasteiger partial charge in [0.25, 0.3) is 0 Å². The molecule has 0 aliphatic carbocycles. The van der Waals surface area contributed by atoms with E-state index in [1.807, 2.05) is 36.4 Å². The van der Waals surface area contributed by atoms with Crippen LogP contribution in [0, 0.1) is 0 Å². The summed E-state index contributed by atoms with van der Waals surface area (Å²) >= 11 is 0. The van der Waals surface area contributed by atoms with Gasteiger partial charge in [0, 0.05) is 51.3 Å². The SMILES string of the molecule is C1=Cc2cc3c(cc2NC1)oc1c(-c2ccccc2)ccc(-c2nc(-c4ccccc4)nc(-c4cc5ccccc5c5ccccc45)n2)c13. The van der Waals surface area contributed by atoms with Gasteiger partial charge in [0.05, 0.1) is 0 Å². The molecule has 0 unspecified atom stereocenters. The lowest BCUT2D eigenvalue weighted by Crippen LogP contribution is -2.03. The lowest BCUT2D eigenvalue weighted by molar-refractivity contribution is 0.670. The number of benzene rings is 7. The fourth-order valence-corrected chi connectivity index (χ4v) is 7.19. The van der Waals surface area contributed by atoms with E-state index in [0.717, 1.165) is 78.3 Å². The maximum atomic E-state index is 6.77. The van der Waals surface area contributed by atoms with E-state index in [1.54, 1.807) is 0 Å². The Kier molecular flexibility index (Phi) is 6.18. The average Bonchev–Trinajstić information content (AvgIpc) is 3.55. The molecule has 10 rings (SSSR count). The van der Waals surface area contributed by atoms with E-state index in [0.29, 0.717) is 17.5 Å². The van der Waals surface area contributed by atoms with Crippen molar-refractivity contribution < 1.29 is 4.42 Å². The van der Waals surface area contributed by atoms with Crippen molar-refractivity contribution in [2.75, 3.05) is 11.9 Å². The predicted molar refractivity (Wildman–Crippen MR) is 201 cm³/mol. The van der Waals surface area contributed by atoms with Crippen molar-refractivity contribution in [3.05, 3.63) is 151 Å². The van der Waals surface area contributed by atoms with Crippen LogP contribution in [0.4, 0.5) is 5.69 Å². The number of rotatable bonds is 4. The van der Waals surface area contributed by atoms with Gasteiger partial charge >= 0.3 is 0 Å². The maximum absolute atomic E-state index is 6.77. The molecule has 0 atom stereocenters. The summed E-state index contributed by atoms with van der Waals surface area (Å²) in [5.41, 5.74) is 8.72. The molecule has 1 aliphatic rings. The summed E-state index contributed by atoms with van der Waals surface area (Å²) < 4.78 is 6.77. The first kappa shape index (κ1) is 27.5. The molecule has 0 radical (unpaired) electrons. The Morgan fingerprint density at radius 1 is 0.510 bits per heavy atom. The highest BCUT2D eigenvalue weighted by Gasteiger charge is 2.22. The second-order valence-electron chi connectivity index (χ2n) is 12.4. The number of hydrogen-bond donors (Lipinski definition) is 1. The first-order chi connectivity index (χ1) is 24.3. The van der Waals surface area contributed by atoms with Crippen LogP contribution in [-0.2, 0) is 0 Å². The number of anilines is 1. The van der Waals surface area contributed by atoms with Crippen LogP contribution < -0.4 is 5.32 Å². The molecule has 7 aromatic carbocycles. The molecule has 5 nitrogen and oxygen atoms in total. The minimum absolute atomic E-state index is 0.597. The molecule has 49 heavy (non-hydrogen) atoms. The zero-order valence-electron chi connectivity index (χ0n) is 26.4. The molecule has 230 valence electrons. The van der Waals surface area contributed by atoms with Crippen molar-refractivity contribution in [1.82, 2.24) is 15.0 Å². The first-order valence-electron chi connectivity index (χ1n) is 16.5. The van der Waals surface area contributed by atoms with Crippen molar-refractivity contribution in [1.29, 1.82) is 0 Å². The molecule has 1 N–H and O–H groups in total. The summed E-state index contributed by atoms with van der Waals surface area (Å²) in [5.74, 6) is 1.85. The molecule has 5 heteroatoms. The average molecular weight is 629 g/mol. The predicted octanol–water partition coefficient (Wildman–Crippen LogP) is 11.2. The molecule has 3 heterocycles. The van der Waals surface area contributed by atoms with Gasteiger partial charge < -0.3 is 9.73 Å². The zero-order valence-corrected chi connectivity index (χ0v) is 26.4. The summed E-state index contributed by atoms with van der Waals surface area (Å²) in [6, 6.07) is 48.3. The Hall–Kier alpha value is -6.59. The van der Waals surface area contributed by atoms with Crippen LogP contribution in [0.25, 0.3) is 94.8 Å². The van der Waals surface area contributed by atoms with Crippen LogP contribution in [0.1, 0.15) is 5.56 Å². The Bertz CT molecular complexity index is 2770. The van der Waals surface area contributed by atoms with E-state index >= 15 is 0 Å². The van der Waals surface area contributed by atoms with Gasteiger partial charge in [-0.3, -0.25) is 0 Å². The van der Waals surface area contributed by atoms with E-state index in [9.17, 15) is 0 Å². The van der Waals surface area contributed by atoms with E-state index < -0.39 is 0 Å². The van der Waals surface area contributed by atoms with Gasteiger partial charge in [0.15, 0.2) is 17.5 Å². The molecule has 0 spiro atoms. The first-order valence-corrected chi connectivity index (χ1v) is 16.5. The fourth-order valence-electron chi connectivity index (χ4n) is 7.19. The van der Waals surface area contributed by atoms with Gasteiger partial charge in [-0.1, -0.05) is 121 Å². The van der Waals surface area contributed by atoms with Crippen molar-refractivity contribution in [3.63, 3.8) is 0 Å². The standard InChI is InChI=1S/C44H28N4O/c1-3-12-27(13-4-1)32-21-22-35(40-37-25-30-17-11-23-45-38(30)26-39(37)49-41(32)40)43-46-42(28-14-5-2-6-15-28)47-44(48-43)36-24-29-16-7-8-18-31(29)33-19-9-10-20-34(33)36/h1-22,24-26,45H,23H2. The van der Waals surface area contributed by atoms with Gasteiger partial charge in [-0.2, -0.15) is 0 Å². The van der Waals surface area contributed by atoms with Crippen LogP contribution >= 0.6 is 0 Å². The molecule has 2 aromatic heterocycles. The highest BCUT2D eigenvalue weighted by Crippen LogP contribution is 2.44. The molecule has 1 aliphatic heterocycles.